The molecule has 1 aliphatic carbocycles. The summed E-state index contributed by atoms with van der Waals surface area (Å²) in [6.07, 6.45) is 13.4. The minimum Gasteiger partial charge on any atom is -0.369 e. The van der Waals surface area contributed by atoms with Crippen LogP contribution >= 0.6 is 0 Å². The largest absolute Gasteiger partial charge is 0.369 e. The summed E-state index contributed by atoms with van der Waals surface area (Å²) >= 11 is 0. The number of anilines is 1. The maximum Gasteiger partial charge on any atom is 0.145 e. The second-order valence-corrected chi connectivity index (χ2v) is 4.55. The number of aromatic nitrogens is 2. The van der Waals surface area contributed by atoms with Crippen molar-refractivity contribution in [3.63, 3.8) is 0 Å². The Morgan fingerprint density at radius 2 is 2.18 bits per heavy atom. The van der Waals surface area contributed by atoms with Crippen molar-refractivity contribution < 1.29 is 0 Å². The topological polar surface area (TPSA) is 37.8 Å². The van der Waals surface area contributed by atoms with E-state index in [1.54, 1.807) is 6.20 Å². The van der Waals surface area contributed by atoms with E-state index >= 15 is 0 Å². The van der Waals surface area contributed by atoms with Gasteiger partial charge in [-0.05, 0) is 37.7 Å². The Labute approximate surface area is 103 Å². The van der Waals surface area contributed by atoms with E-state index in [1.807, 2.05) is 6.20 Å². The molecule has 3 heteroatoms. The molecule has 0 fully saturated rings. The van der Waals surface area contributed by atoms with Gasteiger partial charge in [0.15, 0.2) is 0 Å². The third-order valence-electron chi connectivity index (χ3n) is 3.06. The van der Waals surface area contributed by atoms with Crippen molar-refractivity contribution in [3.8, 4) is 0 Å². The van der Waals surface area contributed by atoms with Gasteiger partial charge in [-0.3, -0.25) is 4.98 Å². The van der Waals surface area contributed by atoms with Crippen LogP contribution in [-0.4, -0.2) is 16.5 Å². The molecule has 1 aliphatic rings. The number of hydrogen-bond donors (Lipinski definition) is 1. The minimum absolute atomic E-state index is 0.898. The maximum atomic E-state index is 4.63. The molecule has 17 heavy (non-hydrogen) atoms. The van der Waals surface area contributed by atoms with E-state index in [0.29, 0.717) is 0 Å². The second-order valence-electron chi connectivity index (χ2n) is 4.55. The summed E-state index contributed by atoms with van der Waals surface area (Å²) < 4.78 is 0. The molecular formula is C14H21N3. The predicted octanol–water partition coefficient (Wildman–Crippen LogP) is 3.65. The Bertz CT molecular complexity index is 385. The molecular weight excluding hydrogens is 210 g/mol. The highest BCUT2D eigenvalue weighted by Crippen LogP contribution is 2.24. The molecule has 1 aromatic rings. The molecule has 0 spiro atoms. The number of nitrogens with one attached hydrogen (secondary N) is 1. The van der Waals surface area contributed by atoms with Crippen LogP contribution < -0.4 is 5.32 Å². The first-order valence-corrected chi connectivity index (χ1v) is 6.65. The van der Waals surface area contributed by atoms with Gasteiger partial charge >= 0.3 is 0 Å². The number of nitrogens with zero attached hydrogens (tertiary/aromatic N) is 2. The molecule has 3 nitrogen and oxygen atoms in total. The lowest BCUT2D eigenvalue weighted by atomic mass is 10.1. The molecule has 0 saturated carbocycles. The van der Waals surface area contributed by atoms with Crippen LogP contribution in [0.5, 0.6) is 0 Å². The molecule has 0 aromatic carbocycles. The monoisotopic (exact) mass is 231 g/mol. The highest BCUT2D eigenvalue weighted by Gasteiger charge is 2.07. The zero-order chi connectivity index (χ0) is 11.9. The fourth-order valence-corrected chi connectivity index (χ4v) is 2.11. The summed E-state index contributed by atoms with van der Waals surface area (Å²) in [7, 11) is 0. The van der Waals surface area contributed by atoms with E-state index in [1.165, 1.54) is 31.3 Å². The molecule has 0 atom stereocenters. The molecule has 0 unspecified atom stereocenters. The van der Waals surface area contributed by atoms with Crippen LogP contribution in [0, 0.1) is 0 Å². The zero-order valence-corrected chi connectivity index (χ0v) is 10.6. The van der Waals surface area contributed by atoms with Gasteiger partial charge < -0.3 is 5.32 Å². The van der Waals surface area contributed by atoms with Crippen LogP contribution in [0.1, 0.15) is 51.1 Å². The highest BCUT2D eigenvalue weighted by molar-refractivity contribution is 5.63. The Balaban J connectivity index is 2.11. The van der Waals surface area contributed by atoms with Gasteiger partial charge in [0.1, 0.15) is 5.82 Å². The molecule has 2 rings (SSSR count). The van der Waals surface area contributed by atoms with Crippen LogP contribution in [-0.2, 0) is 0 Å². The fraction of sp³-hybridized carbons (Fsp3) is 0.571. The molecule has 0 aliphatic heterocycles. The third kappa shape index (κ3) is 3.55. The molecule has 0 saturated heterocycles. The van der Waals surface area contributed by atoms with Crippen molar-refractivity contribution >= 4 is 11.4 Å². The third-order valence-corrected chi connectivity index (χ3v) is 3.06. The Kier molecular flexibility index (Phi) is 4.54. The zero-order valence-electron chi connectivity index (χ0n) is 10.6. The molecule has 0 radical (unpaired) electrons. The normalized spacial score (nSPS) is 16.2. The molecule has 1 N–H and O–H groups in total. The molecule has 0 amide bonds. The summed E-state index contributed by atoms with van der Waals surface area (Å²) in [5.74, 6) is 0.898. The van der Waals surface area contributed by atoms with Crippen molar-refractivity contribution in [2.75, 3.05) is 11.9 Å². The number of hydrogen-bond acceptors (Lipinski definition) is 3. The lowest BCUT2D eigenvalue weighted by Crippen LogP contribution is -2.04. The first-order chi connectivity index (χ1) is 8.40. The van der Waals surface area contributed by atoms with Gasteiger partial charge in [-0.25, -0.2) is 4.98 Å². The first-order valence-electron chi connectivity index (χ1n) is 6.65. The van der Waals surface area contributed by atoms with Crippen molar-refractivity contribution in [1.29, 1.82) is 0 Å². The molecule has 1 aromatic heterocycles. The number of allylic oxidation sites excluding steroid dienone is 2. The summed E-state index contributed by atoms with van der Waals surface area (Å²) in [4.78, 5) is 8.91. The standard InChI is InChI=1S/C14H21N3/c1-2-9-16-14-11-15-10-13(17-14)12-7-5-3-4-6-8-12/h7,10-11H,2-6,8-9H2,1H3,(H,16,17). The van der Waals surface area contributed by atoms with E-state index < -0.39 is 0 Å². The van der Waals surface area contributed by atoms with Gasteiger partial charge in [-0.1, -0.05) is 19.4 Å². The van der Waals surface area contributed by atoms with Gasteiger partial charge in [0.05, 0.1) is 18.1 Å². The number of rotatable bonds is 4. The summed E-state index contributed by atoms with van der Waals surface area (Å²) in [6.45, 7) is 3.11. The van der Waals surface area contributed by atoms with E-state index in [2.05, 4.69) is 28.3 Å². The average molecular weight is 231 g/mol. The lowest BCUT2D eigenvalue weighted by molar-refractivity contribution is 0.720. The Hall–Kier alpha value is -1.38. The quantitative estimate of drug-likeness (QED) is 0.859. The highest BCUT2D eigenvalue weighted by atomic mass is 15.0. The van der Waals surface area contributed by atoms with Crippen LogP contribution in [0.2, 0.25) is 0 Å². The van der Waals surface area contributed by atoms with E-state index in [4.69, 9.17) is 0 Å². The first kappa shape index (κ1) is 12.1. The van der Waals surface area contributed by atoms with E-state index in [0.717, 1.165) is 30.9 Å². The summed E-state index contributed by atoms with van der Waals surface area (Å²) in [5, 5.41) is 3.29. The van der Waals surface area contributed by atoms with Crippen LogP contribution in [0.3, 0.4) is 0 Å². The van der Waals surface area contributed by atoms with Crippen molar-refractivity contribution in [1.82, 2.24) is 9.97 Å². The lowest BCUT2D eigenvalue weighted by Gasteiger charge is -2.07. The van der Waals surface area contributed by atoms with Crippen LogP contribution in [0.4, 0.5) is 5.82 Å². The van der Waals surface area contributed by atoms with Gasteiger partial charge in [-0.15, -0.1) is 0 Å². The SMILES string of the molecule is CCCNc1cncc(C2=CCCCCC2)n1. The van der Waals surface area contributed by atoms with Crippen molar-refractivity contribution in [2.45, 2.75) is 45.4 Å². The van der Waals surface area contributed by atoms with E-state index in [9.17, 15) is 0 Å². The Morgan fingerprint density at radius 1 is 1.24 bits per heavy atom. The van der Waals surface area contributed by atoms with Crippen LogP contribution in [0.25, 0.3) is 5.57 Å². The predicted molar refractivity (Wildman–Crippen MR) is 71.9 cm³/mol. The van der Waals surface area contributed by atoms with Crippen molar-refractivity contribution in [3.05, 3.63) is 24.2 Å². The second kappa shape index (κ2) is 6.38. The summed E-state index contributed by atoms with van der Waals surface area (Å²) in [5.41, 5.74) is 2.42. The maximum absolute atomic E-state index is 4.63. The smallest absolute Gasteiger partial charge is 0.145 e. The van der Waals surface area contributed by atoms with Crippen LogP contribution in [0.15, 0.2) is 18.5 Å². The van der Waals surface area contributed by atoms with Gasteiger partial charge in [0.2, 0.25) is 0 Å². The summed E-state index contributed by atoms with van der Waals surface area (Å²) in [6, 6.07) is 0. The molecule has 0 bridgehead atoms. The fourth-order valence-electron chi connectivity index (χ4n) is 2.11. The van der Waals surface area contributed by atoms with Gasteiger partial charge in [-0.2, -0.15) is 0 Å². The van der Waals surface area contributed by atoms with Gasteiger partial charge in [0, 0.05) is 6.54 Å². The van der Waals surface area contributed by atoms with Gasteiger partial charge in [0.25, 0.3) is 0 Å². The Morgan fingerprint density at radius 3 is 3.06 bits per heavy atom. The molecule has 1 heterocycles. The molecule has 92 valence electrons. The van der Waals surface area contributed by atoms with E-state index in [-0.39, 0.29) is 0 Å². The minimum atomic E-state index is 0.898. The van der Waals surface area contributed by atoms with Crippen molar-refractivity contribution in [2.24, 2.45) is 0 Å². The average Bonchev–Trinajstić information content (AvgIpc) is 2.65.